The molecule has 2 N–H and O–H groups in total. The van der Waals surface area contributed by atoms with Crippen LogP contribution in [0.5, 0.6) is 0 Å². The summed E-state index contributed by atoms with van der Waals surface area (Å²) in [5.41, 5.74) is 7.44. The molecule has 6 rings (SSSR count). The summed E-state index contributed by atoms with van der Waals surface area (Å²) in [5.74, 6) is 0.681. The SMILES string of the molecule is CCCn1c(NC(=O)c2cc(C)nn2CCCCCc2c(C)nn(CC)c2C(=O)Nc2nc3ccccc3n2CCC)nc2ccccc21. The van der Waals surface area contributed by atoms with Crippen LogP contribution in [-0.2, 0) is 32.6 Å². The summed E-state index contributed by atoms with van der Waals surface area (Å²) >= 11 is 0. The van der Waals surface area contributed by atoms with E-state index in [4.69, 9.17) is 10.1 Å². The molecule has 12 nitrogen and oxygen atoms in total. The van der Waals surface area contributed by atoms with Crippen molar-refractivity contribution in [3.63, 3.8) is 0 Å². The highest BCUT2D eigenvalue weighted by Crippen LogP contribution is 2.24. The second-order valence-electron chi connectivity index (χ2n) is 12.5. The lowest BCUT2D eigenvalue weighted by Gasteiger charge is -2.12. The summed E-state index contributed by atoms with van der Waals surface area (Å²) in [6.45, 7) is 12.8. The largest absolute Gasteiger partial charge is 0.310 e. The van der Waals surface area contributed by atoms with E-state index in [0.717, 1.165) is 90.6 Å². The molecule has 49 heavy (non-hydrogen) atoms. The van der Waals surface area contributed by atoms with E-state index in [2.05, 4.69) is 43.7 Å². The first-order chi connectivity index (χ1) is 23.8. The van der Waals surface area contributed by atoms with Crippen LogP contribution in [-0.4, -0.2) is 50.5 Å². The zero-order valence-electron chi connectivity index (χ0n) is 29.2. The fraction of sp³-hybridized carbons (Fsp3) is 0.405. The predicted molar refractivity (Wildman–Crippen MR) is 193 cm³/mol. The lowest BCUT2D eigenvalue weighted by atomic mass is 10.0. The fourth-order valence-electron chi connectivity index (χ4n) is 6.61. The quantitative estimate of drug-likeness (QED) is 0.112. The van der Waals surface area contributed by atoms with Crippen molar-refractivity contribution < 1.29 is 9.59 Å². The van der Waals surface area contributed by atoms with Crippen LogP contribution >= 0.6 is 0 Å². The minimum Gasteiger partial charge on any atom is -0.310 e. The zero-order chi connectivity index (χ0) is 34.5. The maximum absolute atomic E-state index is 13.8. The van der Waals surface area contributed by atoms with E-state index < -0.39 is 0 Å². The number of aryl methyl sites for hydroxylation is 6. The number of carbonyl (C=O) groups is 2. The number of rotatable bonds is 15. The molecule has 2 aromatic carbocycles. The van der Waals surface area contributed by atoms with Gasteiger partial charge < -0.3 is 9.13 Å². The van der Waals surface area contributed by atoms with E-state index in [1.165, 1.54) is 0 Å². The van der Waals surface area contributed by atoms with Crippen molar-refractivity contribution in [3.05, 3.63) is 82.9 Å². The third-order valence-electron chi connectivity index (χ3n) is 8.85. The lowest BCUT2D eigenvalue weighted by molar-refractivity contribution is 0.100. The topological polar surface area (TPSA) is 129 Å². The molecule has 0 bridgehead atoms. The van der Waals surface area contributed by atoms with Crippen molar-refractivity contribution in [3.8, 4) is 0 Å². The number of aromatic nitrogens is 8. The Kier molecular flexibility index (Phi) is 10.2. The van der Waals surface area contributed by atoms with Crippen LogP contribution in [0, 0.1) is 13.8 Å². The minimum atomic E-state index is -0.223. The van der Waals surface area contributed by atoms with Crippen LogP contribution in [0.1, 0.15) is 90.8 Å². The highest BCUT2D eigenvalue weighted by atomic mass is 16.2. The van der Waals surface area contributed by atoms with Crippen molar-refractivity contribution in [2.24, 2.45) is 0 Å². The molecule has 6 aromatic rings. The van der Waals surface area contributed by atoms with Gasteiger partial charge in [-0.1, -0.05) is 44.5 Å². The second kappa shape index (κ2) is 14.9. The summed E-state index contributed by atoms with van der Waals surface area (Å²) in [6, 6.07) is 17.7. The van der Waals surface area contributed by atoms with Crippen LogP contribution < -0.4 is 10.6 Å². The molecule has 12 heteroatoms. The summed E-state index contributed by atoms with van der Waals surface area (Å²) < 4.78 is 7.71. The first kappa shape index (κ1) is 33.6. The number of nitrogens with zero attached hydrogens (tertiary/aromatic N) is 8. The first-order valence-corrected chi connectivity index (χ1v) is 17.5. The zero-order valence-corrected chi connectivity index (χ0v) is 29.2. The molecular formula is C37H46N10O2. The van der Waals surface area contributed by atoms with Crippen LogP contribution in [0.25, 0.3) is 22.1 Å². The molecule has 0 unspecified atom stereocenters. The molecule has 0 atom stereocenters. The van der Waals surface area contributed by atoms with Crippen LogP contribution in [0.3, 0.4) is 0 Å². The Morgan fingerprint density at radius 2 is 1.29 bits per heavy atom. The number of benzene rings is 2. The molecule has 0 radical (unpaired) electrons. The van der Waals surface area contributed by atoms with E-state index in [-0.39, 0.29) is 11.8 Å². The maximum atomic E-state index is 13.8. The van der Waals surface area contributed by atoms with Gasteiger partial charge in [-0.3, -0.25) is 29.6 Å². The minimum absolute atomic E-state index is 0.194. The first-order valence-electron chi connectivity index (χ1n) is 17.5. The molecule has 0 fully saturated rings. The summed E-state index contributed by atoms with van der Waals surface area (Å²) in [7, 11) is 0. The van der Waals surface area contributed by atoms with E-state index >= 15 is 0 Å². The third-order valence-corrected chi connectivity index (χ3v) is 8.85. The van der Waals surface area contributed by atoms with Crippen molar-refractivity contribution in [1.29, 1.82) is 0 Å². The van der Waals surface area contributed by atoms with Gasteiger partial charge in [0.15, 0.2) is 0 Å². The van der Waals surface area contributed by atoms with Gasteiger partial charge in [0.05, 0.1) is 33.5 Å². The molecule has 2 amide bonds. The standard InChI is InChI=1S/C37H46N10O2/c1-6-21-44-30-19-13-11-17-28(30)38-36(44)40-34(48)32-24-25(4)42-47(32)23-15-9-10-16-27-26(5)43-46(8-3)33(27)35(49)41-37-39-29-18-12-14-20-31(29)45(37)22-7-2/h11-14,17-20,24H,6-10,15-16,21-23H2,1-5H3,(H,38,40,48)(H,39,41,49). The normalized spacial score (nSPS) is 11.5. The Labute approximate surface area is 286 Å². The van der Waals surface area contributed by atoms with Gasteiger partial charge in [-0.05, 0) is 83.2 Å². The van der Waals surface area contributed by atoms with E-state index in [1.807, 2.05) is 75.4 Å². The van der Waals surface area contributed by atoms with Gasteiger partial charge in [-0.15, -0.1) is 0 Å². The molecule has 4 heterocycles. The van der Waals surface area contributed by atoms with Crippen LogP contribution in [0.4, 0.5) is 11.9 Å². The summed E-state index contributed by atoms with van der Waals surface area (Å²) in [5, 5.41) is 15.5. The number of nitrogens with one attached hydrogen (secondary N) is 2. The highest BCUT2D eigenvalue weighted by Gasteiger charge is 2.23. The maximum Gasteiger partial charge on any atom is 0.276 e. The van der Waals surface area contributed by atoms with Crippen LogP contribution in [0.2, 0.25) is 0 Å². The second-order valence-corrected chi connectivity index (χ2v) is 12.5. The molecule has 0 saturated heterocycles. The predicted octanol–water partition coefficient (Wildman–Crippen LogP) is 7.15. The average Bonchev–Trinajstić information content (AvgIpc) is 3.83. The fourth-order valence-corrected chi connectivity index (χ4v) is 6.61. The Balaban J connectivity index is 1.10. The Morgan fingerprint density at radius 3 is 1.88 bits per heavy atom. The Morgan fingerprint density at radius 1 is 0.694 bits per heavy atom. The molecule has 0 spiro atoms. The molecule has 0 aliphatic carbocycles. The molecule has 256 valence electrons. The Hall–Kier alpha value is -5.26. The third kappa shape index (κ3) is 6.99. The van der Waals surface area contributed by atoms with E-state index in [0.29, 0.717) is 36.4 Å². The number of para-hydroxylation sites is 4. The van der Waals surface area contributed by atoms with Crippen LogP contribution in [0.15, 0.2) is 54.6 Å². The van der Waals surface area contributed by atoms with Crippen molar-refractivity contribution in [2.75, 3.05) is 10.6 Å². The Bertz CT molecular complexity index is 2100. The van der Waals surface area contributed by atoms with E-state index in [1.54, 1.807) is 9.36 Å². The number of anilines is 2. The number of fused-ring (bicyclic) bond motifs is 2. The lowest BCUT2D eigenvalue weighted by Crippen LogP contribution is -2.21. The number of hydrogen-bond acceptors (Lipinski definition) is 6. The van der Waals surface area contributed by atoms with Gasteiger partial charge in [0.25, 0.3) is 11.8 Å². The number of carbonyl (C=O) groups excluding carboxylic acids is 2. The van der Waals surface area contributed by atoms with Gasteiger partial charge in [0.2, 0.25) is 11.9 Å². The monoisotopic (exact) mass is 662 g/mol. The van der Waals surface area contributed by atoms with E-state index in [9.17, 15) is 9.59 Å². The van der Waals surface area contributed by atoms with Gasteiger partial charge >= 0.3 is 0 Å². The highest BCUT2D eigenvalue weighted by molar-refractivity contribution is 6.04. The summed E-state index contributed by atoms with van der Waals surface area (Å²) in [4.78, 5) is 36.7. The van der Waals surface area contributed by atoms with Gasteiger partial charge in [-0.2, -0.15) is 10.2 Å². The summed E-state index contributed by atoms with van der Waals surface area (Å²) in [6.07, 6.45) is 5.17. The van der Waals surface area contributed by atoms with Gasteiger partial charge in [-0.25, -0.2) is 9.97 Å². The average molecular weight is 663 g/mol. The molecule has 4 aromatic heterocycles. The number of unbranched alkanes of at least 4 members (excludes halogenated alkanes) is 2. The van der Waals surface area contributed by atoms with Crippen molar-refractivity contribution in [1.82, 2.24) is 38.7 Å². The number of amides is 2. The molecule has 0 saturated carbocycles. The molecule has 0 aliphatic rings. The van der Waals surface area contributed by atoms with Crippen molar-refractivity contribution in [2.45, 2.75) is 99.3 Å². The van der Waals surface area contributed by atoms with Crippen molar-refractivity contribution >= 4 is 45.8 Å². The smallest absolute Gasteiger partial charge is 0.276 e. The van der Waals surface area contributed by atoms with Gasteiger partial charge in [0, 0.05) is 31.7 Å². The van der Waals surface area contributed by atoms with Gasteiger partial charge in [0.1, 0.15) is 11.4 Å². The molecular weight excluding hydrogens is 616 g/mol. The molecule has 0 aliphatic heterocycles. The number of imidazole rings is 2. The number of hydrogen-bond donors (Lipinski definition) is 2.